The van der Waals surface area contributed by atoms with Crippen LogP contribution in [-0.2, 0) is 29.0 Å². The van der Waals surface area contributed by atoms with Crippen molar-refractivity contribution in [3.05, 3.63) is 27.4 Å². The van der Waals surface area contributed by atoms with Crippen LogP contribution in [0.3, 0.4) is 0 Å². The SMILES string of the molecule is O=C(O)CCc1nc2c(c(=O)[nH]1)COCC2. The van der Waals surface area contributed by atoms with E-state index in [1.807, 2.05) is 0 Å². The van der Waals surface area contributed by atoms with Crippen molar-refractivity contribution in [3.8, 4) is 0 Å². The molecule has 1 aliphatic rings. The predicted molar refractivity (Wildman–Crippen MR) is 54.2 cm³/mol. The predicted octanol–water partition coefficient (Wildman–Crippen LogP) is -0.140. The van der Waals surface area contributed by atoms with Crippen molar-refractivity contribution in [1.82, 2.24) is 9.97 Å². The number of nitrogens with one attached hydrogen (secondary N) is 1. The average Bonchev–Trinajstić information content (AvgIpc) is 2.26. The molecule has 2 N–H and O–H groups in total. The molecule has 0 radical (unpaired) electrons. The first-order valence-electron chi connectivity index (χ1n) is 5.07. The van der Waals surface area contributed by atoms with E-state index in [-0.39, 0.29) is 25.0 Å². The fourth-order valence-electron chi connectivity index (χ4n) is 1.64. The molecule has 0 aromatic carbocycles. The standard InChI is InChI=1S/C10H12N2O4/c13-9(14)2-1-8-11-7-3-4-16-5-6(7)10(15)12-8/h1-5H2,(H,13,14)(H,11,12,15). The van der Waals surface area contributed by atoms with E-state index in [1.165, 1.54) is 0 Å². The van der Waals surface area contributed by atoms with Gasteiger partial charge in [0.15, 0.2) is 0 Å². The molecule has 0 aliphatic carbocycles. The number of rotatable bonds is 3. The van der Waals surface area contributed by atoms with Crippen molar-refractivity contribution < 1.29 is 14.6 Å². The third kappa shape index (κ3) is 2.27. The highest BCUT2D eigenvalue weighted by molar-refractivity contribution is 5.66. The minimum atomic E-state index is -0.899. The van der Waals surface area contributed by atoms with E-state index in [4.69, 9.17) is 9.84 Å². The van der Waals surface area contributed by atoms with Gasteiger partial charge in [-0.05, 0) is 0 Å². The number of hydrogen-bond acceptors (Lipinski definition) is 4. The number of carboxylic acid groups (broad SMARTS) is 1. The minimum Gasteiger partial charge on any atom is -0.481 e. The van der Waals surface area contributed by atoms with Crippen LogP contribution in [0.25, 0.3) is 0 Å². The van der Waals surface area contributed by atoms with Crippen LogP contribution < -0.4 is 5.56 Å². The van der Waals surface area contributed by atoms with Crippen molar-refractivity contribution in [2.24, 2.45) is 0 Å². The molecule has 2 heterocycles. The van der Waals surface area contributed by atoms with E-state index in [1.54, 1.807) is 0 Å². The van der Waals surface area contributed by atoms with Crippen molar-refractivity contribution in [3.63, 3.8) is 0 Å². The second-order valence-corrected chi connectivity index (χ2v) is 3.63. The third-order valence-corrected chi connectivity index (χ3v) is 2.46. The molecule has 0 atom stereocenters. The summed E-state index contributed by atoms with van der Waals surface area (Å²) in [6, 6.07) is 0. The van der Waals surface area contributed by atoms with Gasteiger partial charge in [0.05, 0.1) is 30.9 Å². The number of aliphatic carboxylic acids is 1. The molecule has 0 amide bonds. The molecule has 1 aliphatic heterocycles. The van der Waals surface area contributed by atoms with E-state index in [0.717, 1.165) is 5.69 Å². The monoisotopic (exact) mass is 224 g/mol. The number of nitrogens with zero attached hydrogens (tertiary/aromatic N) is 1. The van der Waals surface area contributed by atoms with E-state index in [2.05, 4.69) is 9.97 Å². The van der Waals surface area contributed by atoms with Crippen molar-refractivity contribution in [2.75, 3.05) is 6.61 Å². The van der Waals surface area contributed by atoms with Gasteiger partial charge in [0, 0.05) is 12.8 Å². The summed E-state index contributed by atoms with van der Waals surface area (Å²) in [4.78, 5) is 28.8. The molecular formula is C10H12N2O4. The molecule has 0 fully saturated rings. The smallest absolute Gasteiger partial charge is 0.303 e. The van der Waals surface area contributed by atoms with Gasteiger partial charge < -0.3 is 14.8 Å². The maximum atomic E-state index is 11.6. The van der Waals surface area contributed by atoms with Gasteiger partial charge in [0.2, 0.25) is 0 Å². The molecule has 0 spiro atoms. The Labute approximate surface area is 91.3 Å². The first kappa shape index (κ1) is 10.8. The number of aryl methyl sites for hydroxylation is 1. The number of hydrogen-bond donors (Lipinski definition) is 2. The zero-order chi connectivity index (χ0) is 11.5. The molecule has 0 bridgehead atoms. The van der Waals surface area contributed by atoms with Gasteiger partial charge in [-0.2, -0.15) is 0 Å². The third-order valence-electron chi connectivity index (χ3n) is 2.46. The Kier molecular flexibility index (Phi) is 3.00. The van der Waals surface area contributed by atoms with Crippen LogP contribution in [0, 0.1) is 0 Å². The Morgan fingerprint density at radius 1 is 1.56 bits per heavy atom. The molecule has 0 saturated heterocycles. The molecule has 1 aromatic rings. The Bertz CT molecular complexity index is 466. The highest BCUT2D eigenvalue weighted by Gasteiger charge is 2.15. The number of aromatic nitrogens is 2. The maximum Gasteiger partial charge on any atom is 0.303 e. The van der Waals surface area contributed by atoms with Crippen LogP contribution in [0.15, 0.2) is 4.79 Å². The molecule has 6 heteroatoms. The highest BCUT2D eigenvalue weighted by atomic mass is 16.5. The van der Waals surface area contributed by atoms with E-state index in [9.17, 15) is 9.59 Å². The number of H-pyrrole nitrogens is 1. The molecule has 0 unspecified atom stereocenters. The Morgan fingerprint density at radius 3 is 3.12 bits per heavy atom. The first-order valence-corrected chi connectivity index (χ1v) is 5.07. The maximum absolute atomic E-state index is 11.6. The summed E-state index contributed by atoms with van der Waals surface area (Å²) < 4.78 is 5.16. The number of carbonyl (C=O) groups is 1. The number of ether oxygens (including phenoxy) is 1. The number of carboxylic acids is 1. The van der Waals surface area contributed by atoms with Crippen molar-refractivity contribution in [2.45, 2.75) is 25.9 Å². The number of aromatic amines is 1. The Morgan fingerprint density at radius 2 is 2.38 bits per heavy atom. The molecule has 2 rings (SSSR count). The zero-order valence-electron chi connectivity index (χ0n) is 8.65. The lowest BCUT2D eigenvalue weighted by molar-refractivity contribution is -0.137. The molecular weight excluding hydrogens is 212 g/mol. The second kappa shape index (κ2) is 4.44. The average molecular weight is 224 g/mol. The normalized spacial score (nSPS) is 14.5. The van der Waals surface area contributed by atoms with Crippen LogP contribution in [0.5, 0.6) is 0 Å². The van der Waals surface area contributed by atoms with Crippen LogP contribution in [-0.4, -0.2) is 27.7 Å². The van der Waals surface area contributed by atoms with Gasteiger partial charge in [-0.1, -0.05) is 0 Å². The Balaban J connectivity index is 2.25. The van der Waals surface area contributed by atoms with Gasteiger partial charge in [-0.25, -0.2) is 4.98 Å². The fourth-order valence-corrected chi connectivity index (χ4v) is 1.64. The summed E-state index contributed by atoms with van der Waals surface area (Å²) in [5.74, 6) is -0.461. The van der Waals surface area contributed by atoms with Crippen molar-refractivity contribution >= 4 is 5.97 Å². The highest BCUT2D eigenvalue weighted by Crippen LogP contribution is 2.10. The zero-order valence-corrected chi connectivity index (χ0v) is 8.65. The van der Waals surface area contributed by atoms with Crippen LogP contribution in [0.4, 0.5) is 0 Å². The molecule has 16 heavy (non-hydrogen) atoms. The summed E-state index contributed by atoms with van der Waals surface area (Å²) >= 11 is 0. The van der Waals surface area contributed by atoms with Gasteiger partial charge >= 0.3 is 5.97 Å². The van der Waals surface area contributed by atoms with Crippen molar-refractivity contribution in [1.29, 1.82) is 0 Å². The summed E-state index contributed by atoms with van der Waals surface area (Å²) in [6.45, 7) is 0.846. The summed E-state index contributed by atoms with van der Waals surface area (Å²) in [5, 5.41) is 8.54. The quantitative estimate of drug-likeness (QED) is 0.745. The molecule has 0 saturated carbocycles. The van der Waals surface area contributed by atoms with Gasteiger partial charge in [0.1, 0.15) is 5.82 Å². The van der Waals surface area contributed by atoms with Gasteiger partial charge in [0.25, 0.3) is 5.56 Å². The Hall–Kier alpha value is -1.69. The van der Waals surface area contributed by atoms with E-state index < -0.39 is 5.97 Å². The topological polar surface area (TPSA) is 92.3 Å². The minimum absolute atomic E-state index is 0.0295. The van der Waals surface area contributed by atoms with Gasteiger partial charge in [-0.15, -0.1) is 0 Å². The lowest BCUT2D eigenvalue weighted by Crippen LogP contribution is -2.25. The second-order valence-electron chi connectivity index (χ2n) is 3.63. The summed E-state index contributed by atoms with van der Waals surface area (Å²) in [6.07, 6.45) is 0.830. The summed E-state index contributed by atoms with van der Waals surface area (Å²) in [7, 11) is 0. The fraction of sp³-hybridized carbons (Fsp3) is 0.500. The molecule has 6 nitrogen and oxygen atoms in total. The first-order chi connectivity index (χ1) is 7.66. The van der Waals surface area contributed by atoms with Crippen LogP contribution in [0.2, 0.25) is 0 Å². The van der Waals surface area contributed by atoms with Crippen LogP contribution >= 0.6 is 0 Å². The summed E-state index contributed by atoms with van der Waals surface area (Å²) in [5.41, 5.74) is 1.07. The van der Waals surface area contributed by atoms with E-state index >= 15 is 0 Å². The molecule has 1 aromatic heterocycles. The van der Waals surface area contributed by atoms with Gasteiger partial charge in [-0.3, -0.25) is 9.59 Å². The number of fused-ring (bicyclic) bond motifs is 1. The lowest BCUT2D eigenvalue weighted by Gasteiger charge is -2.14. The largest absolute Gasteiger partial charge is 0.481 e. The molecule has 86 valence electrons. The lowest BCUT2D eigenvalue weighted by atomic mass is 10.1. The van der Waals surface area contributed by atoms with E-state index in [0.29, 0.717) is 24.4 Å². The van der Waals surface area contributed by atoms with Crippen LogP contribution in [0.1, 0.15) is 23.5 Å².